The zero-order valence-corrected chi connectivity index (χ0v) is 14.2. The van der Waals surface area contributed by atoms with E-state index in [0.717, 1.165) is 16.8 Å². The number of fused-ring (bicyclic) bond motifs is 1. The molecule has 1 atom stereocenters. The fraction of sp³-hybridized carbons (Fsp3) is 0.263. The van der Waals surface area contributed by atoms with Crippen molar-refractivity contribution in [3.63, 3.8) is 0 Å². The maximum Gasteiger partial charge on any atom is 0.267 e. The number of anilines is 2. The molecule has 0 aliphatic carbocycles. The van der Waals surface area contributed by atoms with Crippen molar-refractivity contribution >= 4 is 23.2 Å². The van der Waals surface area contributed by atoms with E-state index in [4.69, 9.17) is 4.74 Å². The third kappa shape index (κ3) is 2.85. The molecule has 0 radical (unpaired) electrons. The summed E-state index contributed by atoms with van der Waals surface area (Å²) in [4.78, 5) is 26.1. The molecule has 0 fully saturated rings. The zero-order chi connectivity index (χ0) is 17.4. The van der Waals surface area contributed by atoms with Gasteiger partial charge in [0.1, 0.15) is 5.75 Å². The molecule has 0 saturated carbocycles. The number of rotatable bonds is 2. The molecule has 0 spiro atoms. The molecule has 5 heteroatoms. The smallest absolute Gasteiger partial charge is 0.267 e. The van der Waals surface area contributed by atoms with Crippen LogP contribution in [-0.4, -0.2) is 25.0 Å². The highest BCUT2D eigenvalue weighted by atomic mass is 16.5. The van der Waals surface area contributed by atoms with Crippen molar-refractivity contribution in [2.45, 2.75) is 26.9 Å². The van der Waals surface area contributed by atoms with Gasteiger partial charge < -0.3 is 15.0 Å². The van der Waals surface area contributed by atoms with Crippen molar-refractivity contribution in [2.75, 3.05) is 17.3 Å². The third-order valence-corrected chi connectivity index (χ3v) is 4.19. The lowest BCUT2D eigenvalue weighted by Gasteiger charge is -2.30. The third-order valence-electron chi connectivity index (χ3n) is 4.19. The standard InChI is InChI=1S/C19H20N2O3/c1-11-5-7-15(12(2)9-11)20-18(22)14-6-8-17-16(10-14)21(4)19(23)13(3)24-17/h5-10,13H,1-4H3,(H,20,22). The van der Waals surface area contributed by atoms with Crippen molar-refractivity contribution in [2.24, 2.45) is 0 Å². The number of nitrogens with zero attached hydrogens (tertiary/aromatic N) is 1. The summed E-state index contributed by atoms with van der Waals surface area (Å²) in [6.07, 6.45) is -0.516. The van der Waals surface area contributed by atoms with Crippen LogP contribution in [0.15, 0.2) is 36.4 Å². The summed E-state index contributed by atoms with van der Waals surface area (Å²) in [5.74, 6) is 0.256. The summed E-state index contributed by atoms with van der Waals surface area (Å²) in [7, 11) is 1.69. The molecule has 1 heterocycles. The summed E-state index contributed by atoms with van der Waals surface area (Å²) in [6, 6.07) is 11.0. The van der Waals surface area contributed by atoms with Crippen LogP contribution < -0.4 is 15.0 Å². The average Bonchev–Trinajstić information content (AvgIpc) is 2.55. The fourth-order valence-electron chi connectivity index (χ4n) is 2.80. The molecular weight excluding hydrogens is 304 g/mol. The Hall–Kier alpha value is -2.82. The Morgan fingerprint density at radius 3 is 2.62 bits per heavy atom. The summed E-state index contributed by atoms with van der Waals surface area (Å²) in [5.41, 5.74) is 4.01. The second-order valence-corrected chi connectivity index (χ2v) is 6.11. The summed E-state index contributed by atoms with van der Waals surface area (Å²) in [6.45, 7) is 5.68. The summed E-state index contributed by atoms with van der Waals surface area (Å²) in [5, 5.41) is 2.91. The Labute approximate surface area is 141 Å². The van der Waals surface area contributed by atoms with E-state index >= 15 is 0 Å². The van der Waals surface area contributed by atoms with Gasteiger partial charge in [-0.3, -0.25) is 9.59 Å². The first-order chi connectivity index (χ1) is 11.4. The van der Waals surface area contributed by atoms with Crippen LogP contribution in [0, 0.1) is 13.8 Å². The number of ether oxygens (including phenoxy) is 1. The largest absolute Gasteiger partial charge is 0.479 e. The van der Waals surface area contributed by atoms with Gasteiger partial charge in [0.15, 0.2) is 6.10 Å². The van der Waals surface area contributed by atoms with Crippen LogP contribution in [0.4, 0.5) is 11.4 Å². The number of carbonyl (C=O) groups excluding carboxylic acids is 2. The van der Waals surface area contributed by atoms with Crippen LogP contribution in [0.5, 0.6) is 5.75 Å². The molecule has 1 N–H and O–H groups in total. The van der Waals surface area contributed by atoms with E-state index in [-0.39, 0.29) is 11.8 Å². The fourth-order valence-corrected chi connectivity index (χ4v) is 2.80. The van der Waals surface area contributed by atoms with Gasteiger partial charge in [0.2, 0.25) is 0 Å². The summed E-state index contributed by atoms with van der Waals surface area (Å²) >= 11 is 0. The van der Waals surface area contributed by atoms with Gasteiger partial charge in [-0.2, -0.15) is 0 Å². The average molecular weight is 324 g/mol. The van der Waals surface area contributed by atoms with Gasteiger partial charge >= 0.3 is 0 Å². The Balaban J connectivity index is 1.88. The minimum Gasteiger partial charge on any atom is -0.479 e. The van der Waals surface area contributed by atoms with Gasteiger partial charge in [-0.1, -0.05) is 17.7 Å². The molecule has 2 amide bonds. The molecule has 2 aromatic carbocycles. The molecule has 3 rings (SSSR count). The molecule has 5 nitrogen and oxygen atoms in total. The molecule has 0 saturated heterocycles. The van der Waals surface area contributed by atoms with Gasteiger partial charge in [0.25, 0.3) is 11.8 Å². The quantitative estimate of drug-likeness (QED) is 0.922. The zero-order valence-electron chi connectivity index (χ0n) is 14.2. The second-order valence-electron chi connectivity index (χ2n) is 6.11. The van der Waals surface area contributed by atoms with Gasteiger partial charge in [-0.25, -0.2) is 0 Å². The number of carbonyl (C=O) groups is 2. The lowest BCUT2D eigenvalue weighted by Crippen LogP contribution is -2.42. The van der Waals surface area contributed by atoms with Crippen molar-refractivity contribution in [3.05, 3.63) is 53.1 Å². The Morgan fingerprint density at radius 1 is 1.17 bits per heavy atom. The Bertz CT molecular complexity index is 829. The number of amides is 2. The van der Waals surface area contributed by atoms with E-state index in [2.05, 4.69) is 5.32 Å². The molecule has 1 unspecified atom stereocenters. The minimum absolute atomic E-state index is 0.130. The highest BCUT2D eigenvalue weighted by Gasteiger charge is 2.29. The van der Waals surface area contributed by atoms with Crippen molar-refractivity contribution in [3.8, 4) is 5.75 Å². The predicted octanol–water partition coefficient (Wildman–Crippen LogP) is 3.30. The minimum atomic E-state index is -0.516. The SMILES string of the molecule is Cc1ccc(NC(=O)c2ccc3c(c2)N(C)C(=O)C(C)O3)c(C)c1. The maximum atomic E-state index is 12.5. The molecule has 124 valence electrons. The number of likely N-dealkylation sites (N-methyl/N-ethyl adjacent to an activating group) is 1. The number of nitrogens with one attached hydrogen (secondary N) is 1. The second kappa shape index (κ2) is 6.00. The molecule has 0 bridgehead atoms. The molecule has 1 aliphatic rings. The summed E-state index contributed by atoms with van der Waals surface area (Å²) < 4.78 is 5.58. The van der Waals surface area contributed by atoms with E-state index in [0.29, 0.717) is 17.0 Å². The van der Waals surface area contributed by atoms with E-state index in [9.17, 15) is 9.59 Å². The van der Waals surface area contributed by atoms with Gasteiger partial charge in [-0.05, 0) is 50.6 Å². The normalized spacial score (nSPS) is 16.4. The highest BCUT2D eigenvalue weighted by molar-refractivity contribution is 6.07. The van der Waals surface area contributed by atoms with E-state index < -0.39 is 6.10 Å². The van der Waals surface area contributed by atoms with E-state index in [1.807, 2.05) is 32.0 Å². The van der Waals surface area contributed by atoms with Gasteiger partial charge in [0.05, 0.1) is 5.69 Å². The van der Waals surface area contributed by atoms with E-state index in [1.54, 1.807) is 32.2 Å². The molecule has 1 aliphatic heterocycles. The highest BCUT2D eigenvalue weighted by Crippen LogP contribution is 2.34. The van der Waals surface area contributed by atoms with Crippen molar-refractivity contribution < 1.29 is 14.3 Å². The molecule has 2 aromatic rings. The maximum absolute atomic E-state index is 12.5. The predicted molar refractivity (Wildman–Crippen MR) is 93.8 cm³/mol. The van der Waals surface area contributed by atoms with Crippen LogP contribution in [0.3, 0.4) is 0 Å². The first-order valence-electron chi connectivity index (χ1n) is 7.83. The number of aryl methyl sites for hydroxylation is 2. The van der Waals surface area contributed by atoms with Crippen LogP contribution in [0.2, 0.25) is 0 Å². The van der Waals surface area contributed by atoms with E-state index in [1.165, 1.54) is 4.90 Å². The first-order valence-corrected chi connectivity index (χ1v) is 7.83. The Kier molecular flexibility index (Phi) is 4.01. The van der Waals surface area contributed by atoms with Crippen molar-refractivity contribution in [1.82, 2.24) is 0 Å². The number of benzene rings is 2. The van der Waals surface area contributed by atoms with Crippen molar-refractivity contribution in [1.29, 1.82) is 0 Å². The molecule has 0 aromatic heterocycles. The topological polar surface area (TPSA) is 58.6 Å². The monoisotopic (exact) mass is 324 g/mol. The first kappa shape index (κ1) is 16.1. The lowest BCUT2D eigenvalue weighted by molar-refractivity contribution is -0.125. The van der Waals surface area contributed by atoms with Gasteiger partial charge in [-0.15, -0.1) is 0 Å². The van der Waals surface area contributed by atoms with Crippen LogP contribution in [-0.2, 0) is 4.79 Å². The molecule has 24 heavy (non-hydrogen) atoms. The van der Waals surface area contributed by atoms with Crippen LogP contribution in [0.1, 0.15) is 28.4 Å². The lowest BCUT2D eigenvalue weighted by atomic mass is 10.1. The molecular formula is C19H20N2O3. The number of hydrogen-bond donors (Lipinski definition) is 1. The van der Waals surface area contributed by atoms with Crippen LogP contribution >= 0.6 is 0 Å². The van der Waals surface area contributed by atoms with Crippen LogP contribution in [0.25, 0.3) is 0 Å². The Morgan fingerprint density at radius 2 is 1.92 bits per heavy atom. The number of hydrogen-bond acceptors (Lipinski definition) is 3. The van der Waals surface area contributed by atoms with Gasteiger partial charge in [0, 0.05) is 18.3 Å².